The molecule has 0 saturated carbocycles. The number of nitrogens with zero attached hydrogens (tertiary/aromatic N) is 2. The number of nitrogens with one attached hydrogen (secondary N) is 1. The van der Waals surface area contributed by atoms with Crippen LogP contribution in [0.5, 0.6) is 0 Å². The smallest absolute Gasteiger partial charge is 0.239 e. The summed E-state index contributed by atoms with van der Waals surface area (Å²) in [4.78, 5) is 18.1. The lowest BCUT2D eigenvalue weighted by Gasteiger charge is -2.34. The van der Waals surface area contributed by atoms with Crippen LogP contribution < -0.4 is 10.2 Å². The van der Waals surface area contributed by atoms with Gasteiger partial charge in [-0.15, -0.1) is 11.8 Å². The molecule has 1 aliphatic rings. The molecule has 1 aliphatic heterocycles. The maximum atomic E-state index is 12.3. The molecule has 1 amide bonds. The highest BCUT2D eigenvalue weighted by atomic mass is 32.2. The van der Waals surface area contributed by atoms with Crippen molar-refractivity contribution in [1.29, 1.82) is 0 Å². The van der Waals surface area contributed by atoms with E-state index in [2.05, 4.69) is 60.2 Å². The van der Waals surface area contributed by atoms with Crippen molar-refractivity contribution < 1.29 is 4.79 Å². The number of hydrogen-bond acceptors (Lipinski definition) is 4. The van der Waals surface area contributed by atoms with Gasteiger partial charge in [0.15, 0.2) is 0 Å². The van der Waals surface area contributed by atoms with Crippen molar-refractivity contribution in [3.63, 3.8) is 0 Å². The summed E-state index contributed by atoms with van der Waals surface area (Å²) < 4.78 is 0. The number of anilines is 1. The first-order valence-electron chi connectivity index (χ1n) is 8.67. The first-order valence-corrected chi connectivity index (χ1v) is 9.55. The molecule has 0 aliphatic carbocycles. The molecular formula is C18H29N3OS. The van der Waals surface area contributed by atoms with Gasteiger partial charge < -0.3 is 15.1 Å². The second-order valence-corrected chi connectivity index (χ2v) is 7.22. The average Bonchev–Trinajstić information content (AvgIpc) is 2.58. The number of likely N-dealkylation sites (N-methyl/N-ethyl adjacent to an activating group) is 1. The number of thioether (sulfide) groups is 1. The van der Waals surface area contributed by atoms with Gasteiger partial charge in [0.1, 0.15) is 0 Å². The molecule has 4 nitrogen and oxygen atoms in total. The molecule has 1 aromatic rings. The van der Waals surface area contributed by atoms with Crippen LogP contribution in [0, 0.1) is 0 Å². The molecule has 23 heavy (non-hydrogen) atoms. The number of para-hydroxylation sites is 1. The SMILES string of the molecule is CCC1CN(CC(=O)NCCN(CC)CC)c2ccccc2S1. The highest BCUT2D eigenvalue weighted by Crippen LogP contribution is 2.39. The average molecular weight is 336 g/mol. The molecule has 0 fully saturated rings. The van der Waals surface area contributed by atoms with Crippen LogP contribution >= 0.6 is 11.8 Å². The third-order valence-corrected chi connectivity index (χ3v) is 5.77. The van der Waals surface area contributed by atoms with Crippen molar-refractivity contribution in [2.75, 3.05) is 44.2 Å². The first-order chi connectivity index (χ1) is 11.2. The van der Waals surface area contributed by atoms with Gasteiger partial charge >= 0.3 is 0 Å². The van der Waals surface area contributed by atoms with E-state index in [9.17, 15) is 4.79 Å². The molecular weight excluding hydrogens is 306 g/mol. The van der Waals surface area contributed by atoms with E-state index in [0.717, 1.165) is 39.1 Å². The molecule has 0 aromatic heterocycles. The number of rotatable bonds is 8. The lowest BCUT2D eigenvalue weighted by Crippen LogP contribution is -2.44. The van der Waals surface area contributed by atoms with Crippen LogP contribution in [-0.2, 0) is 4.79 Å². The van der Waals surface area contributed by atoms with Gasteiger partial charge in [-0.05, 0) is 31.6 Å². The zero-order chi connectivity index (χ0) is 16.7. The summed E-state index contributed by atoms with van der Waals surface area (Å²) >= 11 is 1.94. The van der Waals surface area contributed by atoms with Crippen molar-refractivity contribution in [3.8, 4) is 0 Å². The van der Waals surface area contributed by atoms with Gasteiger partial charge in [0.25, 0.3) is 0 Å². The van der Waals surface area contributed by atoms with Crippen LogP contribution in [0.25, 0.3) is 0 Å². The Labute approximate surface area is 144 Å². The standard InChI is InChI=1S/C18H29N3OS/c1-4-15-13-21(16-9-7-8-10-17(16)23-15)14-18(22)19-11-12-20(5-2)6-3/h7-10,15H,4-6,11-14H2,1-3H3,(H,19,22). The summed E-state index contributed by atoms with van der Waals surface area (Å²) in [6, 6.07) is 8.41. The molecule has 1 heterocycles. The van der Waals surface area contributed by atoms with Gasteiger partial charge in [-0.25, -0.2) is 0 Å². The number of carbonyl (C=O) groups is 1. The molecule has 1 unspecified atom stereocenters. The normalized spacial score (nSPS) is 17.2. The predicted octanol–water partition coefficient (Wildman–Crippen LogP) is 2.84. The van der Waals surface area contributed by atoms with Crippen molar-refractivity contribution in [1.82, 2.24) is 10.2 Å². The molecule has 0 spiro atoms. The van der Waals surface area contributed by atoms with Gasteiger partial charge in [0.05, 0.1) is 12.2 Å². The topological polar surface area (TPSA) is 35.6 Å². The summed E-state index contributed by atoms with van der Waals surface area (Å²) in [6.07, 6.45) is 1.12. The first kappa shape index (κ1) is 18.1. The summed E-state index contributed by atoms with van der Waals surface area (Å²) in [6.45, 7) is 11.6. The Balaban J connectivity index is 1.90. The lowest BCUT2D eigenvalue weighted by molar-refractivity contribution is -0.119. The zero-order valence-corrected chi connectivity index (χ0v) is 15.4. The number of carbonyl (C=O) groups excluding carboxylic acids is 1. The quantitative estimate of drug-likeness (QED) is 0.792. The van der Waals surface area contributed by atoms with Crippen LogP contribution in [0.4, 0.5) is 5.69 Å². The van der Waals surface area contributed by atoms with E-state index in [0.29, 0.717) is 11.8 Å². The van der Waals surface area contributed by atoms with Gasteiger partial charge in [-0.1, -0.05) is 32.9 Å². The summed E-state index contributed by atoms with van der Waals surface area (Å²) in [5, 5.41) is 3.63. The van der Waals surface area contributed by atoms with E-state index in [1.54, 1.807) is 0 Å². The summed E-state index contributed by atoms with van der Waals surface area (Å²) in [5.74, 6) is 0.119. The van der Waals surface area contributed by atoms with E-state index in [1.165, 1.54) is 10.6 Å². The molecule has 2 rings (SSSR count). The minimum absolute atomic E-state index is 0.119. The third-order valence-electron chi connectivity index (χ3n) is 4.36. The highest BCUT2D eigenvalue weighted by Gasteiger charge is 2.25. The molecule has 0 bridgehead atoms. The highest BCUT2D eigenvalue weighted by molar-refractivity contribution is 8.00. The van der Waals surface area contributed by atoms with Gasteiger partial charge in [-0.2, -0.15) is 0 Å². The van der Waals surface area contributed by atoms with E-state index in [4.69, 9.17) is 0 Å². The number of fused-ring (bicyclic) bond motifs is 1. The fourth-order valence-electron chi connectivity index (χ4n) is 2.86. The van der Waals surface area contributed by atoms with Crippen molar-refractivity contribution in [2.45, 2.75) is 37.3 Å². The van der Waals surface area contributed by atoms with E-state index >= 15 is 0 Å². The van der Waals surface area contributed by atoms with Crippen LogP contribution in [0.3, 0.4) is 0 Å². The maximum Gasteiger partial charge on any atom is 0.239 e. The fourth-order valence-corrected chi connectivity index (χ4v) is 4.12. The van der Waals surface area contributed by atoms with Gasteiger partial charge in [0.2, 0.25) is 5.91 Å². The molecule has 0 saturated heterocycles. The van der Waals surface area contributed by atoms with Gasteiger partial charge in [0, 0.05) is 29.8 Å². The second-order valence-electron chi connectivity index (χ2n) is 5.87. The molecule has 1 N–H and O–H groups in total. The molecule has 1 atom stereocenters. The maximum absolute atomic E-state index is 12.3. The molecule has 5 heteroatoms. The number of amides is 1. The Morgan fingerprint density at radius 1 is 1.30 bits per heavy atom. The van der Waals surface area contributed by atoms with Crippen LogP contribution in [0.2, 0.25) is 0 Å². The number of benzene rings is 1. The predicted molar refractivity (Wildman–Crippen MR) is 99.4 cm³/mol. The Morgan fingerprint density at radius 3 is 2.74 bits per heavy atom. The number of hydrogen-bond donors (Lipinski definition) is 1. The summed E-state index contributed by atoms with van der Waals surface area (Å²) in [7, 11) is 0. The molecule has 128 valence electrons. The minimum atomic E-state index is 0.119. The minimum Gasteiger partial charge on any atom is -0.360 e. The zero-order valence-electron chi connectivity index (χ0n) is 14.5. The van der Waals surface area contributed by atoms with Crippen molar-refractivity contribution in [2.24, 2.45) is 0 Å². The van der Waals surface area contributed by atoms with E-state index in [-0.39, 0.29) is 5.91 Å². The van der Waals surface area contributed by atoms with Crippen molar-refractivity contribution in [3.05, 3.63) is 24.3 Å². The fraction of sp³-hybridized carbons (Fsp3) is 0.611. The second kappa shape index (κ2) is 9.18. The Bertz CT molecular complexity index is 505. The Hall–Kier alpha value is -1.20. The van der Waals surface area contributed by atoms with Gasteiger partial charge in [-0.3, -0.25) is 4.79 Å². The lowest BCUT2D eigenvalue weighted by atomic mass is 10.2. The third kappa shape index (κ3) is 5.15. The largest absolute Gasteiger partial charge is 0.360 e. The van der Waals surface area contributed by atoms with Crippen molar-refractivity contribution >= 4 is 23.4 Å². The Morgan fingerprint density at radius 2 is 2.04 bits per heavy atom. The summed E-state index contributed by atoms with van der Waals surface area (Å²) in [5.41, 5.74) is 1.20. The monoisotopic (exact) mass is 335 g/mol. The molecule has 0 radical (unpaired) electrons. The Kier molecular flexibility index (Phi) is 7.24. The van der Waals surface area contributed by atoms with Crippen LogP contribution in [0.1, 0.15) is 27.2 Å². The van der Waals surface area contributed by atoms with Crippen LogP contribution in [-0.4, -0.2) is 55.3 Å². The van der Waals surface area contributed by atoms with E-state index < -0.39 is 0 Å². The van der Waals surface area contributed by atoms with E-state index in [1.807, 2.05) is 11.8 Å². The van der Waals surface area contributed by atoms with Crippen LogP contribution in [0.15, 0.2) is 29.2 Å². The molecule has 1 aromatic carbocycles.